The summed E-state index contributed by atoms with van der Waals surface area (Å²) in [6.07, 6.45) is 0.940. The fourth-order valence-corrected chi connectivity index (χ4v) is 3.25. The second kappa shape index (κ2) is 8.92. The first-order chi connectivity index (χ1) is 13.1. The lowest BCUT2D eigenvalue weighted by Gasteiger charge is -2.11. The predicted molar refractivity (Wildman–Crippen MR) is 105 cm³/mol. The molecule has 0 spiro atoms. The second-order valence-electron chi connectivity index (χ2n) is 5.68. The number of aliphatic carboxylic acids is 1. The third-order valence-corrected chi connectivity index (χ3v) is 4.98. The number of hydrogen-bond acceptors (Lipinski definition) is 5. The molecule has 2 aromatic carbocycles. The number of rotatable bonds is 8. The van der Waals surface area contributed by atoms with E-state index >= 15 is 0 Å². The van der Waals surface area contributed by atoms with Gasteiger partial charge in [-0.2, -0.15) is 0 Å². The van der Waals surface area contributed by atoms with E-state index in [4.69, 9.17) is 21.4 Å². The van der Waals surface area contributed by atoms with Crippen molar-refractivity contribution in [2.45, 2.75) is 25.1 Å². The number of aryl methyl sites for hydroxylation is 1. The van der Waals surface area contributed by atoms with Crippen molar-refractivity contribution >= 4 is 29.3 Å². The van der Waals surface area contributed by atoms with Gasteiger partial charge in [0.1, 0.15) is 12.4 Å². The van der Waals surface area contributed by atoms with E-state index in [1.54, 1.807) is 24.3 Å². The van der Waals surface area contributed by atoms with Gasteiger partial charge in [-0.15, -0.1) is 10.2 Å². The zero-order chi connectivity index (χ0) is 19.2. The molecule has 0 unspecified atom stereocenters. The lowest BCUT2D eigenvalue weighted by Crippen LogP contribution is -2.07. The molecule has 0 saturated carbocycles. The molecule has 0 atom stereocenters. The Morgan fingerprint density at radius 3 is 2.48 bits per heavy atom. The number of carbonyl (C=O) groups is 1. The van der Waals surface area contributed by atoms with Crippen LogP contribution in [0.15, 0.2) is 53.7 Å². The van der Waals surface area contributed by atoms with Gasteiger partial charge in [0.25, 0.3) is 0 Å². The van der Waals surface area contributed by atoms with Crippen molar-refractivity contribution in [2.24, 2.45) is 0 Å². The highest BCUT2D eigenvalue weighted by Gasteiger charge is 2.16. The predicted octanol–water partition coefficient (Wildman–Crippen LogP) is 4.24. The Kier molecular flexibility index (Phi) is 6.36. The van der Waals surface area contributed by atoms with Crippen LogP contribution >= 0.6 is 23.4 Å². The molecule has 0 fully saturated rings. The molecule has 0 aliphatic heterocycles. The number of carboxylic acids is 1. The van der Waals surface area contributed by atoms with Gasteiger partial charge in [0.15, 0.2) is 11.0 Å². The van der Waals surface area contributed by atoms with E-state index in [1.807, 2.05) is 28.8 Å². The van der Waals surface area contributed by atoms with Crippen LogP contribution in [-0.2, 0) is 17.8 Å². The van der Waals surface area contributed by atoms with Gasteiger partial charge in [-0.25, -0.2) is 0 Å². The summed E-state index contributed by atoms with van der Waals surface area (Å²) in [4.78, 5) is 10.9. The third kappa shape index (κ3) is 5.02. The van der Waals surface area contributed by atoms with Crippen LogP contribution in [0.2, 0.25) is 5.02 Å². The molecule has 1 heterocycles. The highest BCUT2D eigenvalue weighted by Crippen LogP contribution is 2.24. The van der Waals surface area contributed by atoms with Crippen molar-refractivity contribution in [2.75, 3.05) is 5.75 Å². The van der Waals surface area contributed by atoms with Crippen molar-refractivity contribution in [3.05, 3.63) is 64.9 Å². The van der Waals surface area contributed by atoms with Crippen LogP contribution in [0.3, 0.4) is 0 Å². The Bertz CT molecular complexity index is 911. The Hall–Kier alpha value is -2.51. The Morgan fingerprint density at radius 2 is 1.85 bits per heavy atom. The fraction of sp³-hybridized carbons (Fsp3) is 0.211. The Morgan fingerprint density at radius 1 is 1.15 bits per heavy atom. The zero-order valence-corrected chi connectivity index (χ0v) is 16.2. The minimum atomic E-state index is -0.908. The number of benzene rings is 2. The second-order valence-corrected chi connectivity index (χ2v) is 7.06. The summed E-state index contributed by atoms with van der Waals surface area (Å²) in [5, 5.41) is 18.5. The maximum Gasteiger partial charge on any atom is 0.313 e. The lowest BCUT2D eigenvalue weighted by molar-refractivity contribution is -0.133. The molecule has 8 heteroatoms. The molecule has 0 amide bonds. The summed E-state index contributed by atoms with van der Waals surface area (Å²) in [5.74, 6) is 0.246. The number of ether oxygens (including phenoxy) is 1. The first kappa shape index (κ1) is 19.3. The van der Waals surface area contributed by atoms with Gasteiger partial charge < -0.3 is 9.84 Å². The molecule has 6 nitrogen and oxygen atoms in total. The van der Waals surface area contributed by atoms with Gasteiger partial charge >= 0.3 is 5.97 Å². The van der Waals surface area contributed by atoms with Gasteiger partial charge in [-0.1, -0.05) is 42.4 Å². The van der Waals surface area contributed by atoms with Gasteiger partial charge in [0.05, 0.1) is 5.75 Å². The molecule has 0 radical (unpaired) electrons. The standard InChI is InChI=1S/C19H18ClN3O3S/c1-2-13-3-7-15(8-4-13)23-17(21-22-19(23)27-12-18(24)25)11-26-16-9-5-14(20)6-10-16/h3-10H,2,11-12H2,1H3,(H,24,25). The van der Waals surface area contributed by atoms with Gasteiger partial charge in [-0.05, 0) is 48.4 Å². The summed E-state index contributed by atoms with van der Waals surface area (Å²) >= 11 is 7.01. The molecule has 1 N–H and O–H groups in total. The number of halogens is 1. The van der Waals surface area contributed by atoms with Crippen LogP contribution in [0.4, 0.5) is 0 Å². The average molecular weight is 404 g/mol. The van der Waals surface area contributed by atoms with Crippen molar-refractivity contribution in [3.63, 3.8) is 0 Å². The Balaban J connectivity index is 1.87. The molecule has 0 bridgehead atoms. The summed E-state index contributed by atoms with van der Waals surface area (Å²) in [6.45, 7) is 2.28. The van der Waals surface area contributed by atoms with Crippen molar-refractivity contribution in [3.8, 4) is 11.4 Å². The molecule has 0 saturated heterocycles. The average Bonchev–Trinajstić information content (AvgIpc) is 3.09. The molecular formula is C19H18ClN3O3S. The van der Waals surface area contributed by atoms with E-state index < -0.39 is 5.97 Å². The normalized spacial score (nSPS) is 10.7. The SMILES string of the molecule is CCc1ccc(-n2c(COc3ccc(Cl)cc3)nnc2SCC(=O)O)cc1. The van der Waals surface area contributed by atoms with Crippen LogP contribution in [-0.4, -0.2) is 31.6 Å². The first-order valence-corrected chi connectivity index (χ1v) is 9.69. The summed E-state index contributed by atoms with van der Waals surface area (Å²) in [7, 11) is 0. The quantitative estimate of drug-likeness (QED) is 0.567. The summed E-state index contributed by atoms with van der Waals surface area (Å²) < 4.78 is 7.61. The maximum absolute atomic E-state index is 10.9. The van der Waals surface area contributed by atoms with Crippen LogP contribution in [0.5, 0.6) is 5.75 Å². The molecular weight excluding hydrogens is 386 g/mol. The zero-order valence-electron chi connectivity index (χ0n) is 14.6. The molecule has 1 aromatic heterocycles. The number of thioether (sulfide) groups is 1. The number of aromatic nitrogens is 3. The van der Waals surface area contributed by atoms with E-state index in [2.05, 4.69) is 17.1 Å². The number of nitrogens with zero attached hydrogens (tertiary/aromatic N) is 3. The van der Waals surface area contributed by atoms with Gasteiger partial charge in [0, 0.05) is 10.7 Å². The highest BCUT2D eigenvalue weighted by atomic mass is 35.5. The van der Waals surface area contributed by atoms with Crippen molar-refractivity contribution in [1.82, 2.24) is 14.8 Å². The molecule has 27 heavy (non-hydrogen) atoms. The van der Waals surface area contributed by atoms with Gasteiger partial charge in [-0.3, -0.25) is 9.36 Å². The smallest absolute Gasteiger partial charge is 0.313 e. The van der Waals surface area contributed by atoms with Crippen LogP contribution in [0, 0.1) is 0 Å². The topological polar surface area (TPSA) is 77.2 Å². The summed E-state index contributed by atoms with van der Waals surface area (Å²) in [5.41, 5.74) is 2.07. The minimum absolute atomic E-state index is 0.0940. The third-order valence-electron chi connectivity index (χ3n) is 3.81. The molecule has 3 aromatic rings. The molecule has 3 rings (SSSR count). The van der Waals surface area contributed by atoms with Gasteiger partial charge in [0.2, 0.25) is 0 Å². The maximum atomic E-state index is 10.9. The van der Waals surface area contributed by atoms with Crippen molar-refractivity contribution < 1.29 is 14.6 Å². The molecule has 0 aliphatic carbocycles. The van der Waals surface area contributed by atoms with Crippen LogP contribution in [0.25, 0.3) is 5.69 Å². The largest absolute Gasteiger partial charge is 0.486 e. The fourth-order valence-electron chi connectivity index (χ4n) is 2.43. The lowest BCUT2D eigenvalue weighted by atomic mass is 10.1. The van der Waals surface area contributed by atoms with Crippen LogP contribution in [0.1, 0.15) is 18.3 Å². The highest BCUT2D eigenvalue weighted by molar-refractivity contribution is 7.99. The molecule has 140 valence electrons. The molecule has 0 aliphatic rings. The monoisotopic (exact) mass is 403 g/mol. The number of carboxylic acid groups (broad SMARTS) is 1. The van der Waals surface area contributed by atoms with Crippen molar-refractivity contribution in [1.29, 1.82) is 0 Å². The summed E-state index contributed by atoms with van der Waals surface area (Å²) in [6, 6.07) is 15.1. The minimum Gasteiger partial charge on any atom is -0.486 e. The van der Waals surface area contributed by atoms with E-state index in [1.165, 1.54) is 5.56 Å². The van der Waals surface area contributed by atoms with E-state index in [-0.39, 0.29) is 12.4 Å². The van der Waals surface area contributed by atoms with E-state index in [0.29, 0.717) is 21.8 Å². The van der Waals surface area contributed by atoms with E-state index in [0.717, 1.165) is 23.9 Å². The Labute approximate surface area is 166 Å². The number of hydrogen-bond donors (Lipinski definition) is 1. The first-order valence-electron chi connectivity index (χ1n) is 8.33. The van der Waals surface area contributed by atoms with E-state index in [9.17, 15) is 4.79 Å². The van der Waals surface area contributed by atoms with Crippen LogP contribution < -0.4 is 4.74 Å².